The molecule has 0 bridgehead atoms. The molecule has 0 saturated heterocycles. The SMILES string of the molecule is c1ccc(-c2cccc(-c3c4ccccc4c(-c4coc5cc6oc7ccccc7c6cc45)c4ccccc34)c2)cc1. The third-order valence-corrected chi connectivity index (χ3v) is 8.53. The fourth-order valence-electron chi connectivity index (χ4n) is 6.65. The Bertz CT molecular complexity index is 2400. The zero-order valence-corrected chi connectivity index (χ0v) is 22.7. The predicted octanol–water partition coefficient (Wildman–Crippen LogP) is 11.6. The van der Waals surface area contributed by atoms with Gasteiger partial charge in [-0.15, -0.1) is 0 Å². The minimum Gasteiger partial charge on any atom is -0.464 e. The molecule has 0 saturated carbocycles. The van der Waals surface area contributed by atoms with Gasteiger partial charge in [-0.3, -0.25) is 0 Å². The topological polar surface area (TPSA) is 26.3 Å². The summed E-state index contributed by atoms with van der Waals surface area (Å²) >= 11 is 0. The highest BCUT2D eigenvalue weighted by Crippen LogP contribution is 2.47. The van der Waals surface area contributed by atoms with Gasteiger partial charge in [0, 0.05) is 33.4 Å². The van der Waals surface area contributed by atoms with Crippen molar-refractivity contribution >= 4 is 54.5 Å². The maximum absolute atomic E-state index is 6.23. The fraction of sp³-hybridized carbons (Fsp3) is 0. The standard InChI is InChI=1S/C40H24O2/c1-2-11-25(12-3-1)26-13-10-14-27(21-26)39-29-16-4-6-18-31(29)40(32-19-7-5-17-30(32)39)35-24-41-37-23-38-33(22-34(35)37)28-15-8-9-20-36(28)42-38/h1-24H. The van der Waals surface area contributed by atoms with E-state index in [4.69, 9.17) is 8.83 Å². The second kappa shape index (κ2) is 8.95. The molecule has 9 aromatic rings. The van der Waals surface area contributed by atoms with Crippen molar-refractivity contribution < 1.29 is 8.83 Å². The molecule has 0 aliphatic heterocycles. The minimum absolute atomic E-state index is 0.823. The highest BCUT2D eigenvalue weighted by atomic mass is 16.3. The summed E-state index contributed by atoms with van der Waals surface area (Å²) in [5, 5.41) is 8.16. The summed E-state index contributed by atoms with van der Waals surface area (Å²) in [6.07, 6.45) is 1.91. The summed E-state index contributed by atoms with van der Waals surface area (Å²) in [6, 6.07) is 49.5. The Morgan fingerprint density at radius 2 is 0.929 bits per heavy atom. The van der Waals surface area contributed by atoms with Crippen molar-refractivity contribution in [3.05, 3.63) is 146 Å². The predicted molar refractivity (Wildman–Crippen MR) is 175 cm³/mol. The van der Waals surface area contributed by atoms with Crippen LogP contribution in [0.25, 0.3) is 87.8 Å². The maximum atomic E-state index is 6.23. The number of benzene rings is 7. The number of furan rings is 2. The Morgan fingerprint density at radius 3 is 1.67 bits per heavy atom. The number of hydrogen-bond donors (Lipinski definition) is 0. The molecule has 7 aromatic carbocycles. The zero-order valence-electron chi connectivity index (χ0n) is 22.7. The van der Waals surface area contributed by atoms with E-state index in [1.165, 1.54) is 49.4 Å². The van der Waals surface area contributed by atoms with Crippen LogP contribution in [-0.2, 0) is 0 Å². The zero-order chi connectivity index (χ0) is 27.6. The van der Waals surface area contributed by atoms with Crippen LogP contribution >= 0.6 is 0 Å². The molecule has 0 unspecified atom stereocenters. The van der Waals surface area contributed by atoms with Crippen molar-refractivity contribution in [3.8, 4) is 33.4 Å². The van der Waals surface area contributed by atoms with Gasteiger partial charge in [0.05, 0.1) is 6.26 Å². The first-order chi connectivity index (χ1) is 20.8. The van der Waals surface area contributed by atoms with Crippen LogP contribution in [0.15, 0.2) is 155 Å². The van der Waals surface area contributed by atoms with Gasteiger partial charge >= 0.3 is 0 Å². The van der Waals surface area contributed by atoms with Crippen molar-refractivity contribution in [2.24, 2.45) is 0 Å². The van der Waals surface area contributed by atoms with Crippen LogP contribution in [0.2, 0.25) is 0 Å². The second-order valence-corrected chi connectivity index (χ2v) is 10.9. The summed E-state index contributed by atoms with van der Waals surface area (Å²) in [5.41, 5.74) is 9.72. The molecule has 0 fully saturated rings. The van der Waals surface area contributed by atoms with Crippen LogP contribution < -0.4 is 0 Å². The van der Waals surface area contributed by atoms with Gasteiger partial charge in [0.2, 0.25) is 0 Å². The molecular formula is C40H24O2. The molecule has 0 N–H and O–H groups in total. The second-order valence-electron chi connectivity index (χ2n) is 10.9. The molecule has 0 atom stereocenters. The normalized spacial score (nSPS) is 11.8. The van der Waals surface area contributed by atoms with E-state index in [-0.39, 0.29) is 0 Å². The quantitative estimate of drug-likeness (QED) is 0.210. The summed E-state index contributed by atoms with van der Waals surface area (Å²) in [6.45, 7) is 0. The first-order valence-corrected chi connectivity index (χ1v) is 14.3. The first kappa shape index (κ1) is 23.1. The molecule has 0 amide bonds. The molecule has 2 heterocycles. The highest BCUT2D eigenvalue weighted by Gasteiger charge is 2.20. The van der Waals surface area contributed by atoms with E-state index >= 15 is 0 Å². The van der Waals surface area contributed by atoms with E-state index in [9.17, 15) is 0 Å². The van der Waals surface area contributed by atoms with E-state index in [2.05, 4.69) is 121 Å². The Labute approximate surface area is 242 Å². The lowest BCUT2D eigenvalue weighted by Crippen LogP contribution is -1.90. The van der Waals surface area contributed by atoms with Crippen LogP contribution in [0.5, 0.6) is 0 Å². The molecule has 0 radical (unpaired) electrons. The molecule has 2 heteroatoms. The van der Waals surface area contributed by atoms with Crippen LogP contribution in [0.4, 0.5) is 0 Å². The van der Waals surface area contributed by atoms with Gasteiger partial charge in [-0.05, 0) is 62.0 Å². The summed E-state index contributed by atoms with van der Waals surface area (Å²) in [5.74, 6) is 0. The van der Waals surface area contributed by atoms with Gasteiger partial charge in [-0.2, -0.15) is 0 Å². The lowest BCUT2D eigenvalue weighted by atomic mass is 9.85. The van der Waals surface area contributed by atoms with Crippen LogP contribution in [0.1, 0.15) is 0 Å². The number of para-hydroxylation sites is 1. The van der Waals surface area contributed by atoms with Crippen molar-refractivity contribution in [2.75, 3.05) is 0 Å². The lowest BCUT2D eigenvalue weighted by Gasteiger charge is -2.17. The third-order valence-electron chi connectivity index (χ3n) is 8.53. The minimum atomic E-state index is 0.823. The molecule has 2 nitrogen and oxygen atoms in total. The van der Waals surface area contributed by atoms with Crippen LogP contribution in [0, 0.1) is 0 Å². The van der Waals surface area contributed by atoms with Gasteiger partial charge in [-0.25, -0.2) is 0 Å². The number of hydrogen-bond acceptors (Lipinski definition) is 2. The van der Waals surface area contributed by atoms with Gasteiger partial charge in [0.25, 0.3) is 0 Å². The van der Waals surface area contributed by atoms with Gasteiger partial charge < -0.3 is 8.83 Å². The molecule has 0 aliphatic carbocycles. The molecule has 0 spiro atoms. The molecular weight excluding hydrogens is 512 g/mol. The Balaban J connectivity index is 1.36. The van der Waals surface area contributed by atoms with E-state index in [1.54, 1.807) is 0 Å². The van der Waals surface area contributed by atoms with E-state index in [0.29, 0.717) is 0 Å². The average molecular weight is 537 g/mol. The third kappa shape index (κ3) is 3.39. The van der Waals surface area contributed by atoms with Gasteiger partial charge in [0.1, 0.15) is 16.7 Å². The Hall–Kier alpha value is -5.60. The summed E-state index contributed by atoms with van der Waals surface area (Å²) in [4.78, 5) is 0. The number of rotatable bonds is 3. The molecule has 9 rings (SSSR count). The molecule has 196 valence electrons. The van der Waals surface area contributed by atoms with E-state index < -0.39 is 0 Å². The molecule has 2 aromatic heterocycles. The highest BCUT2D eigenvalue weighted by molar-refractivity contribution is 6.24. The maximum Gasteiger partial charge on any atom is 0.139 e. The van der Waals surface area contributed by atoms with E-state index in [1.807, 2.05) is 24.5 Å². The van der Waals surface area contributed by atoms with Crippen LogP contribution in [-0.4, -0.2) is 0 Å². The molecule has 0 aliphatic rings. The Kier molecular flexibility index (Phi) is 4.93. The van der Waals surface area contributed by atoms with Crippen molar-refractivity contribution in [1.29, 1.82) is 0 Å². The smallest absolute Gasteiger partial charge is 0.139 e. The average Bonchev–Trinajstić information content (AvgIpc) is 3.63. The summed E-state index contributed by atoms with van der Waals surface area (Å²) < 4.78 is 12.4. The largest absolute Gasteiger partial charge is 0.464 e. The van der Waals surface area contributed by atoms with Crippen LogP contribution in [0.3, 0.4) is 0 Å². The van der Waals surface area contributed by atoms with Crippen molar-refractivity contribution in [2.45, 2.75) is 0 Å². The molecule has 42 heavy (non-hydrogen) atoms. The monoisotopic (exact) mass is 536 g/mol. The number of fused-ring (bicyclic) bond motifs is 6. The van der Waals surface area contributed by atoms with Crippen molar-refractivity contribution in [3.63, 3.8) is 0 Å². The van der Waals surface area contributed by atoms with Crippen molar-refractivity contribution in [1.82, 2.24) is 0 Å². The van der Waals surface area contributed by atoms with E-state index in [0.717, 1.165) is 38.5 Å². The summed E-state index contributed by atoms with van der Waals surface area (Å²) in [7, 11) is 0. The first-order valence-electron chi connectivity index (χ1n) is 14.3. The Morgan fingerprint density at radius 1 is 0.333 bits per heavy atom. The van der Waals surface area contributed by atoms with Gasteiger partial charge in [-0.1, -0.05) is 115 Å². The van der Waals surface area contributed by atoms with Gasteiger partial charge in [0.15, 0.2) is 0 Å². The fourth-order valence-corrected chi connectivity index (χ4v) is 6.65. The lowest BCUT2D eigenvalue weighted by molar-refractivity contribution is 0.614.